The summed E-state index contributed by atoms with van der Waals surface area (Å²) in [6.07, 6.45) is 0.693. The predicted octanol–water partition coefficient (Wildman–Crippen LogP) is 2.53. The highest BCUT2D eigenvalue weighted by atomic mass is 16.7. The number of carbonyl (C=O) groups excluding carboxylic acids is 1. The number of carbonyl (C=O) groups is 1. The van der Waals surface area contributed by atoms with E-state index in [2.05, 4.69) is 0 Å². The monoisotopic (exact) mass is 293 g/mol. The lowest BCUT2D eigenvalue weighted by atomic mass is 10.0. The van der Waals surface area contributed by atoms with Crippen LogP contribution in [0, 0.1) is 0 Å². The molecule has 2 heterocycles. The fraction of sp³-hybridized carbons (Fsp3) is 0.533. The van der Waals surface area contributed by atoms with Gasteiger partial charge in [0.1, 0.15) is 5.56 Å². The molecule has 2 aliphatic heterocycles. The average Bonchev–Trinajstić information content (AvgIpc) is 2.78. The van der Waals surface area contributed by atoms with E-state index in [0.717, 1.165) is 0 Å². The predicted molar refractivity (Wildman–Crippen MR) is 75.1 cm³/mol. The van der Waals surface area contributed by atoms with E-state index in [0.29, 0.717) is 40.4 Å². The van der Waals surface area contributed by atoms with E-state index in [1.54, 1.807) is 27.7 Å². The summed E-state index contributed by atoms with van der Waals surface area (Å²) in [6, 6.07) is -0.358. The first-order valence-electron chi connectivity index (χ1n) is 6.86. The van der Waals surface area contributed by atoms with Gasteiger partial charge in [-0.3, -0.25) is 4.79 Å². The fourth-order valence-corrected chi connectivity index (χ4v) is 2.65. The molecule has 0 aromatic heterocycles. The number of fused-ring (bicyclic) bond motifs is 2. The molecule has 3 rings (SSSR count). The first kappa shape index (κ1) is 14.0. The largest absolute Gasteiger partial charge is 0.449 e. The number of hydrogen-bond acceptors (Lipinski definition) is 6. The van der Waals surface area contributed by atoms with Gasteiger partial charge in [0, 0.05) is 33.7 Å². The Kier molecular flexibility index (Phi) is 2.69. The number of nitrogens with two attached hydrogens (primary N) is 1. The van der Waals surface area contributed by atoms with Crippen molar-refractivity contribution in [3.63, 3.8) is 0 Å². The van der Waals surface area contributed by atoms with Gasteiger partial charge in [-0.2, -0.15) is 0 Å². The van der Waals surface area contributed by atoms with Crippen LogP contribution < -0.4 is 24.7 Å². The molecule has 0 amide bonds. The van der Waals surface area contributed by atoms with E-state index in [-0.39, 0.29) is 6.04 Å². The van der Waals surface area contributed by atoms with E-state index in [9.17, 15) is 4.79 Å². The molecule has 1 unspecified atom stereocenters. The molecular weight excluding hydrogens is 274 g/mol. The Morgan fingerprint density at radius 2 is 1.29 bits per heavy atom. The van der Waals surface area contributed by atoms with Crippen molar-refractivity contribution in [3.05, 3.63) is 11.1 Å². The molecule has 6 heteroatoms. The molecule has 6 nitrogen and oxygen atoms in total. The SMILES string of the molecule is CC(N)c1c2c(c(C=O)c3c1OC(C)(C)O3)OC(C)(C)O2. The second-order valence-corrected chi connectivity index (χ2v) is 6.26. The Morgan fingerprint density at radius 3 is 1.62 bits per heavy atom. The minimum atomic E-state index is -0.867. The van der Waals surface area contributed by atoms with Gasteiger partial charge in [0.2, 0.25) is 11.6 Å². The van der Waals surface area contributed by atoms with Crippen molar-refractivity contribution >= 4 is 6.29 Å². The molecule has 114 valence electrons. The van der Waals surface area contributed by atoms with Gasteiger partial charge in [-0.05, 0) is 6.92 Å². The highest BCUT2D eigenvalue weighted by Gasteiger charge is 2.45. The van der Waals surface area contributed by atoms with E-state index in [4.69, 9.17) is 24.7 Å². The first-order valence-corrected chi connectivity index (χ1v) is 6.86. The maximum atomic E-state index is 11.5. The Hall–Kier alpha value is -1.95. The number of aldehydes is 1. The maximum absolute atomic E-state index is 11.5. The molecule has 0 saturated carbocycles. The second kappa shape index (κ2) is 4.04. The lowest BCUT2D eigenvalue weighted by Crippen LogP contribution is -2.31. The second-order valence-electron chi connectivity index (χ2n) is 6.26. The van der Waals surface area contributed by atoms with Crippen molar-refractivity contribution in [2.45, 2.75) is 52.2 Å². The quantitative estimate of drug-likeness (QED) is 0.844. The van der Waals surface area contributed by atoms with Crippen LogP contribution in [0.2, 0.25) is 0 Å². The van der Waals surface area contributed by atoms with Crippen molar-refractivity contribution < 1.29 is 23.7 Å². The Balaban J connectivity index is 2.31. The molecule has 0 spiro atoms. The first-order chi connectivity index (χ1) is 9.65. The lowest BCUT2D eigenvalue weighted by Gasteiger charge is -2.19. The average molecular weight is 293 g/mol. The van der Waals surface area contributed by atoms with E-state index < -0.39 is 11.6 Å². The van der Waals surface area contributed by atoms with Gasteiger partial charge in [-0.1, -0.05) is 0 Å². The van der Waals surface area contributed by atoms with Gasteiger partial charge in [0.25, 0.3) is 0 Å². The van der Waals surface area contributed by atoms with Gasteiger partial charge < -0.3 is 24.7 Å². The van der Waals surface area contributed by atoms with Crippen molar-refractivity contribution in [1.29, 1.82) is 0 Å². The molecule has 0 bridgehead atoms. The summed E-state index contributed by atoms with van der Waals surface area (Å²) in [5, 5.41) is 0. The number of ether oxygens (including phenoxy) is 4. The number of rotatable bonds is 2. The molecule has 0 saturated heterocycles. The van der Waals surface area contributed by atoms with Crippen LogP contribution in [0.15, 0.2) is 0 Å². The van der Waals surface area contributed by atoms with Crippen LogP contribution in [0.25, 0.3) is 0 Å². The summed E-state index contributed by atoms with van der Waals surface area (Å²) >= 11 is 0. The molecule has 21 heavy (non-hydrogen) atoms. The zero-order chi connectivity index (χ0) is 15.6. The summed E-state index contributed by atoms with van der Waals surface area (Å²) < 4.78 is 23.2. The van der Waals surface area contributed by atoms with Gasteiger partial charge in [0.15, 0.2) is 29.3 Å². The summed E-state index contributed by atoms with van der Waals surface area (Å²) in [5.74, 6) is -0.0955. The summed E-state index contributed by atoms with van der Waals surface area (Å²) in [6.45, 7) is 8.89. The third-order valence-electron chi connectivity index (χ3n) is 3.36. The van der Waals surface area contributed by atoms with Crippen molar-refractivity contribution in [2.24, 2.45) is 5.73 Å². The molecule has 0 radical (unpaired) electrons. The van der Waals surface area contributed by atoms with Crippen LogP contribution in [0.1, 0.15) is 56.6 Å². The van der Waals surface area contributed by atoms with Crippen molar-refractivity contribution in [2.75, 3.05) is 0 Å². The smallest absolute Gasteiger partial charge is 0.246 e. The number of hydrogen-bond donors (Lipinski definition) is 1. The van der Waals surface area contributed by atoms with Gasteiger partial charge in [-0.25, -0.2) is 0 Å². The van der Waals surface area contributed by atoms with Crippen molar-refractivity contribution in [3.8, 4) is 23.0 Å². The zero-order valence-electron chi connectivity index (χ0n) is 12.8. The van der Waals surface area contributed by atoms with Crippen LogP contribution in [-0.4, -0.2) is 17.9 Å². The van der Waals surface area contributed by atoms with E-state index in [1.165, 1.54) is 0 Å². The summed E-state index contributed by atoms with van der Waals surface area (Å²) in [5.41, 5.74) is 7.02. The van der Waals surface area contributed by atoms with Gasteiger partial charge in [-0.15, -0.1) is 0 Å². The minimum absolute atomic E-state index is 0.292. The van der Waals surface area contributed by atoms with E-state index >= 15 is 0 Å². The number of benzene rings is 1. The van der Waals surface area contributed by atoms with Crippen molar-refractivity contribution in [1.82, 2.24) is 0 Å². The molecule has 0 aliphatic carbocycles. The molecule has 1 atom stereocenters. The summed E-state index contributed by atoms with van der Waals surface area (Å²) in [7, 11) is 0. The van der Waals surface area contributed by atoms with Crippen LogP contribution in [-0.2, 0) is 0 Å². The Labute approximate surface area is 123 Å². The molecule has 2 aliphatic rings. The fourth-order valence-electron chi connectivity index (χ4n) is 2.65. The molecule has 1 aromatic carbocycles. The third kappa shape index (κ3) is 2.01. The topological polar surface area (TPSA) is 80.0 Å². The lowest BCUT2D eigenvalue weighted by molar-refractivity contribution is -0.0491. The highest BCUT2D eigenvalue weighted by molar-refractivity contribution is 5.90. The summed E-state index contributed by atoms with van der Waals surface area (Å²) in [4.78, 5) is 11.5. The normalized spacial score (nSPS) is 21.2. The maximum Gasteiger partial charge on any atom is 0.246 e. The molecule has 2 N–H and O–H groups in total. The molecule has 1 aromatic rings. The van der Waals surface area contributed by atoms with Crippen LogP contribution in [0.4, 0.5) is 0 Å². The highest BCUT2D eigenvalue weighted by Crippen LogP contribution is 2.57. The third-order valence-corrected chi connectivity index (χ3v) is 3.36. The Morgan fingerprint density at radius 1 is 0.905 bits per heavy atom. The zero-order valence-corrected chi connectivity index (χ0v) is 12.8. The standard InChI is InChI=1S/C15H19NO5/c1-7(16)9-12-10(18-14(2,3)20-12)8(6-17)11-13(9)21-15(4,5)19-11/h6-7H,16H2,1-5H3. The van der Waals surface area contributed by atoms with Crippen LogP contribution in [0.5, 0.6) is 23.0 Å². The Bertz CT molecular complexity index is 588. The van der Waals surface area contributed by atoms with Crippen LogP contribution in [0.3, 0.4) is 0 Å². The minimum Gasteiger partial charge on any atom is -0.449 e. The van der Waals surface area contributed by atoms with E-state index in [1.807, 2.05) is 6.92 Å². The van der Waals surface area contributed by atoms with Gasteiger partial charge in [0.05, 0.1) is 5.56 Å². The van der Waals surface area contributed by atoms with Crippen LogP contribution >= 0.6 is 0 Å². The molecule has 0 fully saturated rings. The molecular formula is C15H19NO5. The van der Waals surface area contributed by atoms with Gasteiger partial charge >= 0.3 is 0 Å².